The fourth-order valence-electron chi connectivity index (χ4n) is 1.55. The van der Waals surface area contributed by atoms with E-state index in [2.05, 4.69) is 20.9 Å². The van der Waals surface area contributed by atoms with E-state index in [1.54, 1.807) is 6.20 Å². The predicted octanol–water partition coefficient (Wildman–Crippen LogP) is 3.06. The van der Waals surface area contributed by atoms with Gasteiger partial charge >= 0.3 is 0 Å². The van der Waals surface area contributed by atoms with Gasteiger partial charge in [0.1, 0.15) is 5.65 Å². The molecule has 0 aromatic carbocycles. The summed E-state index contributed by atoms with van der Waals surface area (Å²) >= 11 is 3.37. The third-order valence-electron chi connectivity index (χ3n) is 2.56. The van der Waals surface area contributed by atoms with Crippen molar-refractivity contribution in [3.05, 3.63) is 34.7 Å². The Morgan fingerprint density at radius 3 is 2.86 bits per heavy atom. The molecule has 3 rings (SSSR count). The van der Waals surface area contributed by atoms with Gasteiger partial charge in [0.2, 0.25) is 0 Å². The molecule has 0 amide bonds. The van der Waals surface area contributed by atoms with E-state index >= 15 is 0 Å². The summed E-state index contributed by atoms with van der Waals surface area (Å²) in [5, 5.41) is 0. The highest BCUT2D eigenvalue weighted by atomic mass is 79.9. The van der Waals surface area contributed by atoms with Crippen LogP contribution >= 0.6 is 15.9 Å². The van der Waals surface area contributed by atoms with Gasteiger partial charge in [-0.15, -0.1) is 0 Å². The quantitative estimate of drug-likeness (QED) is 0.765. The molecule has 1 saturated carbocycles. The van der Waals surface area contributed by atoms with Crippen LogP contribution in [0.5, 0.6) is 0 Å². The fraction of sp³-hybridized carbons (Fsp3) is 0.300. The third kappa shape index (κ3) is 1.17. The minimum atomic E-state index is -1.14. The smallest absolute Gasteiger partial charge is 0.154 e. The minimum absolute atomic E-state index is 0.565. The zero-order valence-electron chi connectivity index (χ0n) is 7.37. The summed E-state index contributed by atoms with van der Waals surface area (Å²) < 4.78 is 16.5. The van der Waals surface area contributed by atoms with E-state index in [0.717, 1.165) is 10.1 Å². The van der Waals surface area contributed by atoms with Gasteiger partial charge in [-0.3, -0.25) is 0 Å². The van der Waals surface area contributed by atoms with Gasteiger partial charge < -0.3 is 4.40 Å². The Kier molecular flexibility index (Phi) is 1.54. The first-order valence-electron chi connectivity index (χ1n) is 4.51. The molecule has 0 radical (unpaired) electrons. The summed E-state index contributed by atoms with van der Waals surface area (Å²) in [6.45, 7) is 0. The molecule has 4 heteroatoms. The Balaban J connectivity index is 2.20. The molecule has 14 heavy (non-hydrogen) atoms. The highest BCUT2D eigenvalue weighted by Gasteiger charge is 2.47. The maximum atomic E-state index is 13.7. The SMILES string of the molecule is FC1(c2cn3cc(Br)ccc3n2)CC1. The van der Waals surface area contributed by atoms with Gasteiger partial charge in [-0.1, -0.05) is 0 Å². The Hall–Kier alpha value is -0.900. The maximum Gasteiger partial charge on any atom is 0.154 e. The van der Waals surface area contributed by atoms with Crippen LogP contribution < -0.4 is 0 Å². The standard InChI is InChI=1S/C10H8BrFN2/c11-7-1-2-9-13-8(6-14(9)5-7)10(12)3-4-10/h1-2,5-6H,3-4H2. The Morgan fingerprint density at radius 1 is 1.36 bits per heavy atom. The number of pyridine rings is 1. The molecule has 1 fully saturated rings. The molecule has 72 valence electrons. The van der Waals surface area contributed by atoms with Crippen LogP contribution in [-0.4, -0.2) is 9.38 Å². The maximum absolute atomic E-state index is 13.7. The molecule has 0 aliphatic heterocycles. The van der Waals surface area contributed by atoms with Crippen molar-refractivity contribution in [2.75, 3.05) is 0 Å². The second-order valence-electron chi connectivity index (χ2n) is 3.70. The van der Waals surface area contributed by atoms with E-state index in [1.807, 2.05) is 22.7 Å². The van der Waals surface area contributed by atoms with Crippen LogP contribution in [0.25, 0.3) is 5.65 Å². The summed E-state index contributed by atoms with van der Waals surface area (Å²) in [5.41, 5.74) is 0.223. The summed E-state index contributed by atoms with van der Waals surface area (Å²) in [5.74, 6) is 0. The molecular formula is C10H8BrFN2. The van der Waals surface area contributed by atoms with Crippen molar-refractivity contribution in [3.8, 4) is 0 Å². The summed E-state index contributed by atoms with van der Waals surface area (Å²) in [7, 11) is 0. The van der Waals surface area contributed by atoms with Crippen molar-refractivity contribution in [1.29, 1.82) is 0 Å². The van der Waals surface area contributed by atoms with Crippen molar-refractivity contribution in [2.45, 2.75) is 18.5 Å². The van der Waals surface area contributed by atoms with Crippen molar-refractivity contribution < 1.29 is 4.39 Å². The molecule has 1 aliphatic carbocycles. The van der Waals surface area contributed by atoms with Crippen LogP contribution in [0, 0.1) is 0 Å². The van der Waals surface area contributed by atoms with E-state index < -0.39 is 5.67 Å². The average Bonchev–Trinajstić information content (AvgIpc) is 2.77. The van der Waals surface area contributed by atoms with Gasteiger partial charge in [0.25, 0.3) is 0 Å². The topological polar surface area (TPSA) is 17.3 Å². The number of imidazole rings is 1. The monoisotopic (exact) mass is 254 g/mol. The van der Waals surface area contributed by atoms with Crippen LogP contribution in [0.4, 0.5) is 4.39 Å². The van der Waals surface area contributed by atoms with Crippen LogP contribution in [0.2, 0.25) is 0 Å². The van der Waals surface area contributed by atoms with Gasteiger partial charge in [-0.05, 0) is 40.9 Å². The van der Waals surface area contributed by atoms with Crippen LogP contribution in [0.3, 0.4) is 0 Å². The number of nitrogens with zero attached hydrogens (tertiary/aromatic N) is 2. The zero-order valence-corrected chi connectivity index (χ0v) is 8.96. The van der Waals surface area contributed by atoms with Gasteiger partial charge in [0.15, 0.2) is 5.67 Å². The first-order valence-corrected chi connectivity index (χ1v) is 5.30. The largest absolute Gasteiger partial charge is 0.306 e. The summed E-state index contributed by atoms with van der Waals surface area (Å²) in [6, 6.07) is 3.78. The van der Waals surface area contributed by atoms with E-state index in [-0.39, 0.29) is 0 Å². The highest BCUT2D eigenvalue weighted by Crippen LogP contribution is 2.48. The number of fused-ring (bicyclic) bond motifs is 1. The number of rotatable bonds is 1. The highest BCUT2D eigenvalue weighted by molar-refractivity contribution is 9.10. The molecule has 2 heterocycles. The molecule has 2 aromatic rings. The lowest BCUT2D eigenvalue weighted by atomic mass is 10.3. The lowest BCUT2D eigenvalue weighted by Crippen LogP contribution is -1.96. The number of aromatic nitrogens is 2. The molecule has 2 aromatic heterocycles. The van der Waals surface area contributed by atoms with Crippen LogP contribution in [-0.2, 0) is 5.67 Å². The predicted molar refractivity (Wildman–Crippen MR) is 54.9 cm³/mol. The average molecular weight is 255 g/mol. The third-order valence-corrected chi connectivity index (χ3v) is 3.03. The lowest BCUT2D eigenvalue weighted by Gasteiger charge is -1.95. The first-order chi connectivity index (χ1) is 6.67. The molecule has 0 unspecified atom stereocenters. The van der Waals surface area contributed by atoms with E-state index in [0.29, 0.717) is 18.5 Å². The minimum Gasteiger partial charge on any atom is -0.306 e. The van der Waals surface area contributed by atoms with Gasteiger partial charge in [-0.2, -0.15) is 0 Å². The molecular weight excluding hydrogens is 247 g/mol. The van der Waals surface area contributed by atoms with E-state index in [4.69, 9.17) is 0 Å². The zero-order chi connectivity index (χ0) is 9.76. The van der Waals surface area contributed by atoms with Gasteiger partial charge in [0, 0.05) is 16.9 Å². The number of alkyl halides is 1. The summed E-state index contributed by atoms with van der Waals surface area (Å²) in [4.78, 5) is 4.25. The van der Waals surface area contributed by atoms with Crippen LogP contribution in [0.1, 0.15) is 18.5 Å². The van der Waals surface area contributed by atoms with Crippen molar-refractivity contribution in [1.82, 2.24) is 9.38 Å². The fourth-order valence-corrected chi connectivity index (χ4v) is 1.90. The Bertz CT molecular complexity index is 502. The molecule has 0 bridgehead atoms. The molecule has 0 spiro atoms. The van der Waals surface area contributed by atoms with E-state index in [1.165, 1.54) is 0 Å². The lowest BCUT2D eigenvalue weighted by molar-refractivity contribution is 0.310. The molecule has 0 saturated heterocycles. The number of hydrogen-bond donors (Lipinski definition) is 0. The molecule has 0 N–H and O–H groups in total. The normalized spacial score (nSPS) is 18.7. The van der Waals surface area contributed by atoms with Crippen molar-refractivity contribution >= 4 is 21.6 Å². The first kappa shape index (κ1) is 8.41. The Labute approximate surface area is 88.9 Å². The number of halogens is 2. The van der Waals surface area contributed by atoms with Crippen molar-refractivity contribution in [2.24, 2.45) is 0 Å². The molecule has 2 nitrogen and oxygen atoms in total. The Morgan fingerprint density at radius 2 is 2.14 bits per heavy atom. The van der Waals surface area contributed by atoms with Crippen LogP contribution in [0.15, 0.2) is 29.0 Å². The van der Waals surface area contributed by atoms with Gasteiger partial charge in [-0.25, -0.2) is 9.37 Å². The molecule has 0 atom stereocenters. The van der Waals surface area contributed by atoms with Crippen molar-refractivity contribution in [3.63, 3.8) is 0 Å². The summed E-state index contributed by atoms with van der Waals surface area (Å²) in [6.07, 6.45) is 4.88. The number of hydrogen-bond acceptors (Lipinski definition) is 1. The van der Waals surface area contributed by atoms with E-state index in [9.17, 15) is 4.39 Å². The second-order valence-corrected chi connectivity index (χ2v) is 4.62. The second kappa shape index (κ2) is 2.57. The molecule has 1 aliphatic rings. The van der Waals surface area contributed by atoms with Gasteiger partial charge in [0.05, 0.1) is 5.69 Å².